The summed E-state index contributed by atoms with van der Waals surface area (Å²) in [6.45, 7) is 1.46. The van der Waals surface area contributed by atoms with Gasteiger partial charge in [-0.25, -0.2) is 9.97 Å². The Kier molecular flexibility index (Phi) is 5.08. The fourth-order valence-corrected chi connectivity index (χ4v) is 3.49. The van der Waals surface area contributed by atoms with Crippen LogP contribution in [0.4, 0.5) is 24.7 Å². The Morgan fingerprint density at radius 1 is 0.897 bits per heavy atom. The van der Waals surface area contributed by atoms with E-state index >= 15 is 0 Å². The summed E-state index contributed by atoms with van der Waals surface area (Å²) in [6.07, 6.45) is -1.55. The lowest BCUT2D eigenvalue weighted by Crippen LogP contribution is -2.33. The van der Waals surface area contributed by atoms with Crippen molar-refractivity contribution in [3.05, 3.63) is 59.8 Å². The predicted molar refractivity (Wildman–Crippen MR) is 105 cm³/mol. The minimum absolute atomic E-state index is 0.0302. The Labute approximate surface area is 165 Å². The molecule has 1 amide bonds. The standard InChI is InChI=1S/C21H19F3N4O/c22-21(23,24)14-8-2-3-9-15(14)27-20(29)18-19(28-12-6-1-7-13-28)26-17-11-5-4-10-16(17)25-18/h2-5,8-11H,1,6-7,12-13H2,(H,27,29). The van der Waals surface area contributed by atoms with Crippen molar-refractivity contribution in [1.82, 2.24) is 9.97 Å². The lowest BCUT2D eigenvalue weighted by Gasteiger charge is -2.29. The number of piperidine rings is 1. The first-order valence-electron chi connectivity index (χ1n) is 9.43. The highest BCUT2D eigenvalue weighted by molar-refractivity contribution is 6.07. The van der Waals surface area contributed by atoms with Crippen LogP contribution in [-0.2, 0) is 6.18 Å². The number of para-hydroxylation sites is 3. The van der Waals surface area contributed by atoms with Crippen LogP contribution < -0.4 is 10.2 Å². The van der Waals surface area contributed by atoms with Gasteiger partial charge in [-0.05, 0) is 43.5 Å². The minimum Gasteiger partial charge on any atom is -0.355 e. The van der Waals surface area contributed by atoms with Gasteiger partial charge >= 0.3 is 6.18 Å². The molecule has 4 rings (SSSR count). The van der Waals surface area contributed by atoms with Crippen LogP contribution in [0.2, 0.25) is 0 Å². The molecule has 0 aliphatic carbocycles. The number of nitrogens with one attached hydrogen (secondary N) is 1. The topological polar surface area (TPSA) is 58.1 Å². The minimum atomic E-state index is -4.57. The van der Waals surface area contributed by atoms with Crippen LogP contribution in [0.1, 0.15) is 35.3 Å². The second-order valence-corrected chi connectivity index (χ2v) is 6.93. The highest BCUT2D eigenvalue weighted by Gasteiger charge is 2.34. The van der Waals surface area contributed by atoms with Gasteiger partial charge in [0.1, 0.15) is 0 Å². The highest BCUT2D eigenvalue weighted by Crippen LogP contribution is 2.35. The first-order valence-corrected chi connectivity index (χ1v) is 9.43. The van der Waals surface area contributed by atoms with E-state index in [2.05, 4.69) is 15.3 Å². The van der Waals surface area contributed by atoms with E-state index in [0.717, 1.165) is 38.4 Å². The molecule has 8 heteroatoms. The average Bonchev–Trinajstić information content (AvgIpc) is 2.73. The van der Waals surface area contributed by atoms with E-state index in [4.69, 9.17) is 0 Å². The van der Waals surface area contributed by atoms with E-state index in [9.17, 15) is 18.0 Å². The summed E-state index contributed by atoms with van der Waals surface area (Å²) in [4.78, 5) is 24.0. The van der Waals surface area contributed by atoms with Gasteiger partial charge in [-0.2, -0.15) is 13.2 Å². The van der Waals surface area contributed by atoms with Crippen molar-refractivity contribution >= 4 is 28.4 Å². The smallest absolute Gasteiger partial charge is 0.355 e. The number of carbonyl (C=O) groups is 1. The zero-order valence-corrected chi connectivity index (χ0v) is 15.5. The van der Waals surface area contributed by atoms with Crippen LogP contribution in [0, 0.1) is 0 Å². The molecule has 0 atom stereocenters. The van der Waals surface area contributed by atoms with Gasteiger partial charge in [0.05, 0.1) is 22.3 Å². The second-order valence-electron chi connectivity index (χ2n) is 6.93. The van der Waals surface area contributed by atoms with Crippen molar-refractivity contribution in [2.75, 3.05) is 23.3 Å². The van der Waals surface area contributed by atoms with Crippen molar-refractivity contribution in [2.24, 2.45) is 0 Å². The molecule has 0 saturated carbocycles. The largest absolute Gasteiger partial charge is 0.418 e. The van der Waals surface area contributed by atoms with E-state index in [-0.39, 0.29) is 11.4 Å². The molecule has 1 N–H and O–H groups in total. The lowest BCUT2D eigenvalue weighted by atomic mass is 10.1. The summed E-state index contributed by atoms with van der Waals surface area (Å²) in [5, 5.41) is 2.39. The summed E-state index contributed by atoms with van der Waals surface area (Å²) >= 11 is 0. The maximum Gasteiger partial charge on any atom is 0.418 e. The molecule has 150 valence electrons. The molecule has 0 radical (unpaired) electrons. The molecule has 29 heavy (non-hydrogen) atoms. The van der Waals surface area contributed by atoms with Crippen LogP contribution in [0.15, 0.2) is 48.5 Å². The molecule has 5 nitrogen and oxygen atoms in total. The van der Waals surface area contributed by atoms with E-state index in [1.54, 1.807) is 18.2 Å². The number of fused-ring (bicyclic) bond motifs is 1. The maximum atomic E-state index is 13.3. The number of hydrogen-bond acceptors (Lipinski definition) is 4. The molecule has 1 fully saturated rings. The van der Waals surface area contributed by atoms with Crippen molar-refractivity contribution in [1.29, 1.82) is 0 Å². The summed E-state index contributed by atoms with van der Waals surface area (Å²) in [7, 11) is 0. The van der Waals surface area contributed by atoms with Crippen molar-refractivity contribution in [2.45, 2.75) is 25.4 Å². The zero-order valence-electron chi connectivity index (χ0n) is 15.5. The maximum absolute atomic E-state index is 13.3. The average molecular weight is 400 g/mol. The number of carbonyl (C=O) groups excluding carboxylic acids is 1. The normalized spacial score (nSPS) is 14.8. The molecule has 0 unspecified atom stereocenters. The summed E-state index contributed by atoms with van der Waals surface area (Å²) < 4.78 is 39.9. The Morgan fingerprint density at radius 2 is 1.52 bits per heavy atom. The first-order chi connectivity index (χ1) is 13.9. The molecule has 2 heterocycles. The lowest BCUT2D eigenvalue weighted by molar-refractivity contribution is -0.136. The summed E-state index contributed by atoms with van der Waals surface area (Å²) in [6, 6.07) is 12.0. The van der Waals surface area contributed by atoms with Crippen LogP contribution >= 0.6 is 0 Å². The number of benzene rings is 2. The van der Waals surface area contributed by atoms with Crippen LogP contribution in [0.5, 0.6) is 0 Å². The Hall–Kier alpha value is -3.16. The molecular formula is C21H19F3N4O. The Bertz CT molecular complexity index is 1050. The molecule has 1 aliphatic rings. The quantitative estimate of drug-likeness (QED) is 0.680. The molecule has 1 aliphatic heterocycles. The molecular weight excluding hydrogens is 381 g/mol. The summed E-state index contributed by atoms with van der Waals surface area (Å²) in [5.74, 6) is -0.300. The van der Waals surface area contributed by atoms with Crippen molar-refractivity contribution < 1.29 is 18.0 Å². The van der Waals surface area contributed by atoms with Gasteiger partial charge in [-0.1, -0.05) is 24.3 Å². The molecule has 1 saturated heterocycles. The monoisotopic (exact) mass is 400 g/mol. The van der Waals surface area contributed by atoms with Gasteiger partial charge in [0, 0.05) is 13.1 Å². The van der Waals surface area contributed by atoms with Gasteiger partial charge < -0.3 is 10.2 Å². The van der Waals surface area contributed by atoms with Crippen LogP contribution in [-0.4, -0.2) is 29.0 Å². The number of amides is 1. The van der Waals surface area contributed by atoms with E-state index in [1.807, 2.05) is 11.0 Å². The van der Waals surface area contributed by atoms with Gasteiger partial charge in [-0.3, -0.25) is 4.79 Å². The van der Waals surface area contributed by atoms with Gasteiger partial charge in [0.25, 0.3) is 5.91 Å². The number of anilines is 2. The van der Waals surface area contributed by atoms with E-state index in [1.165, 1.54) is 18.2 Å². The number of rotatable bonds is 3. The third kappa shape index (κ3) is 4.01. The van der Waals surface area contributed by atoms with Gasteiger partial charge in [-0.15, -0.1) is 0 Å². The zero-order chi connectivity index (χ0) is 20.4. The molecule has 2 aromatic carbocycles. The third-order valence-electron chi connectivity index (χ3n) is 4.90. The SMILES string of the molecule is O=C(Nc1ccccc1C(F)(F)F)c1nc2ccccc2nc1N1CCCCC1. The fourth-order valence-electron chi connectivity index (χ4n) is 3.49. The number of halogens is 3. The Balaban J connectivity index is 1.75. The molecule has 0 bridgehead atoms. The summed E-state index contributed by atoms with van der Waals surface area (Å²) in [5.41, 5.74) is -0.0171. The Morgan fingerprint density at radius 3 is 2.21 bits per heavy atom. The predicted octanol–water partition coefficient (Wildman–Crippen LogP) is 4.89. The van der Waals surface area contributed by atoms with Gasteiger partial charge in [0.2, 0.25) is 0 Å². The molecule has 1 aromatic heterocycles. The van der Waals surface area contributed by atoms with Crippen molar-refractivity contribution in [3.8, 4) is 0 Å². The van der Waals surface area contributed by atoms with Crippen LogP contribution in [0.3, 0.4) is 0 Å². The third-order valence-corrected chi connectivity index (χ3v) is 4.90. The highest BCUT2D eigenvalue weighted by atomic mass is 19.4. The molecule has 0 spiro atoms. The first kappa shape index (κ1) is 19.2. The number of aromatic nitrogens is 2. The fraction of sp³-hybridized carbons (Fsp3) is 0.286. The van der Waals surface area contributed by atoms with E-state index < -0.39 is 17.6 Å². The van der Waals surface area contributed by atoms with Crippen LogP contribution in [0.25, 0.3) is 11.0 Å². The number of nitrogens with zero attached hydrogens (tertiary/aromatic N) is 3. The van der Waals surface area contributed by atoms with Crippen molar-refractivity contribution in [3.63, 3.8) is 0 Å². The number of alkyl halides is 3. The van der Waals surface area contributed by atoms with Gasteiger partial charge in [0.15, 0.2) is 11.5 Å². The van der Waals surface area contributed by atoms with E-state index in [0.29, 0.717) is 16.9 Å². The molecule has 3 aromatic rings. The second kappa shape index (κ2) is 7.69. The number of hydrogen-bond donors (Lipinski definition) is 1.